The lowest BCUT2D eigenvalue weighted by Gasteiger charge is -2.32. The summed E-state index contributed by atoms with van der Waals surface area (Å²) in [6.45, 7) is 8.87. The van der Waals surface area contributed by atoms with Gasteiger partial charge in [0.05, 0.1) is 12.0 Å². The summed E-state index contributed by atoms with van der Waals surface area (Å²) < 4.78 is 33.1. The largest absolute Gasteiger partial charge is 0.496 e. The predicted octanol–water partition coefficient (Wildman–Crippen LogP) is 0.980. The molecule has 1 atom stereocenters. The van der Waals surface area contributed by atoms with Crippen LogP contribution in [0.25, 0.3) is 0 Å². The molecule has 0 aromatic heterocycles. The number of rotatable bonds is 4. The molecule has 2 aliphatic rings. The van der Waals surface area contributed by atoms with Crippen LogP contribution in [0, 0.1) is 13.8 Å². The Hall–Kier alpha value is -1.15. The minimum absolute atomic E-state index is 0.335. The maximum absolute atomic E-state index is 13.1. The zero-order valence-corrected chi connectivity index (χ0v) is 15.5. The number of aryl methyl sites for hydroxylation is 2. The maximum atomic E-state index is 13.1. The standard InChI is InChI=1S/C17H27N3O3S/c1-13-11-17(14(2)10-16(13)23-3)24(21,22)20-7-4-15(12-20)19-8-5-18-6-9-19/h10-11,15,18H,4-9,12H2,1-3H3. The van der Waals surface area contributed by atoms with Crippen LogP contribution in [-0.4, -0.2) is 70.0 Å². The SMILES string of the molecule is COc1cc(C)c(S(=O)(=O)N2CCC(N3CCNCC3)C2)cc1C. The van der Waals surface area contributed by atoms with Crippen molar-refractivity contribution >= 4 is 10.0 Å². The van der Waals surface area contributed by atoms with Gasteiger partial charge in [-0.2, -0.15) is 4.31 Å². The van der Waals surface area contributed by atoms with Gasteiger partial charge < -0.3 is 10.1 Å². The van der Waals surface area contributed by atoms with Crippen LogP contribution in [0.2, 0.25) is 0 Å². The molecule has 0 amide bonds. The van der Waals surface area contributed by atoms with E-state index in [0.717, 1.165) is 49.5 Å². The van der Waals surface area contributed by atoms with Gasteiger partial charge in [0.1, 0.15) is 5.75 Å². The van der Waals surface area contributed by atoms with Crippen LogP contribution in [0.15, 0.2) is 17.0 Å². The molecule has 7 heteroatoms. The zero-order valence-electron chi connectivity index (χ0n) is 14.7. The van der Waals surface area contributed by atoms with Gasteiger partial charge in [-0.05, 0) is 43.5 Å². The maximum Gasteiger partial charge on any atom is 0.243 e. The molecule has 24 heavy (non-hydrogen) atoms. The van der Waals surface area contributed by atoms with E-state index in [1.807, 2.05) is 19.9 Å². The molecular formula is C17H27N3O3S. The Balaban J connectivity index is 1.80. The zero-order chi connectivity index (χ0) is 17.3. The van der Waals surface area contributed by atoms with E-state index in [-0.39, 0.29) is 0 Å². The summed E-state index contributed by atoms with van der Waals surface area (Å²) in [4.78, 5) is 2.82. The van der Waals surface area contributed by atoms with E-state index in [4.69, 9.17) is 4.74 Å². The van der Waals surface area contributed by atoms with E-state index in [1.54, 1.807) is 17.5 Å². The van der Waals surface area contributed by atoms with E-state index in [2.05, 4.69) is 10.2 Å². The Morgan fingerprint density at radius 1 is 1.12 bits per heavy atom. The second kappa shape index (κ2) is 7.00. The molecule has 0 radical (unpaired) electrons. The van der Waals surface area contributed by atoms with E-state index >= 15 is 0 Å². The summed E-state index contributed by atoms with van der Waals surface area (Å²) in [5, 5.41) is 3.34. The molecule has 0 spiro atoms. The molecule has 2 heterocycles. The third kappa shape index (κ3) is 3.31. The van der Waals surface area contributed by atoms with Crippen molar-refractivity contribution in [2.24, 2.45) is 0 Å². The van der Waals surface area contributed by atoms with Gasteiger partial charge in [-0.25, -0.2) is 8.42 Å². The average Bonchev–Trinajstić information content (AvgIpc) is 3.08. The predicted molar refractivity (Wildman–Crippen MR) is 94.1 cm³/mol. The number of hydrogen-bond acceptors (Lipinski definition) is 5. The molecule has 1 aromatic rings. The molecule has 134 valence electrons. The first kappa shape index (κ1) is 17.7. The van der Waals surface area contributed by atoms with Crippen molar-refractivity contribution < 1.29 is 13.2 Å². The van der Waals surface area contributed by atoms with Crippen molar-refractivity contribution in [2.45, 2.75) is 31.2 Å². The highest BCUT2D eigenvalue weighted by atomic mass is 32.2. The monoisotopic (exact) mass is 353 g/mol. The van der Waals surface area contributed by atoms with Gasteiger partial charge in [0.25, 0.3) is 0 Å². The lowest BCUT2D eigenvalue weighted by Crippen LogP contribution is -2.49. The number of nitrogens with zero attached hydrogens (tertiary/aromatic N) is 2. The molecule has 3 rings (SSSR count). The highest BCUT2D eigenvalue weighted by molar-refractivity contribution is 7.89. The van der Waals surface area contributed by atoms with Crippen LogP contribution >= 0.6 is 0 Å². The first-order chi connectivity index (χ1) is 11.4. The van der Waals surface area contributed by atoms with Crippen molar-refractivity contribution in [3.8, 4) is 5.75 Å². The lowest BCUT2D eigenvalue weighted by molar-refractivity contribution is 0.179. The van der Waals surface area contributed by atoms with Gasteiger partial charge in [-0.1, -0.05) is 0 Å². The number of ether oxygens (including phenoxy) is 1. The molecule has 0 bridgehead atoms. The number of nitrogens with one attached hydrogen (secondary N) is 1. The summed E-state index contributed by atoms with van der Waals surface area (Å²) >= 11 is 0. The third-order valence-corrected chi connectivity index (χ3v) is 7.11. The Morgan fingerprint density at radius 2 is 1.83 bits per heavy atom. The second-order valence-electron chi connectivity index (χ2n) is 6.68. The minimum Gasteiger partial charge on any atom is -0.496 e. The number of sulfonamides is 1. The number of methoxy groups -OCH3 is 1. The Kier molecular flexibility index (Phi) is 5.15. The van der Waals surface area contributed by atoms with Gasteiger partial charge in [-0.15, -0.1) is 0 Å². The molecule has 2 fully saturated rings. The normalized spacial score (nSPS) is 23.5. The van der Waals surface area contributed by atoms with Crippen molar-refractivity contribution in [3.63, 3.8) is 0 Å². The van der Waals surface area contributed by atoms with E-state index in [0.29, 0.717) is 24.0 Å². The summed E-state index contributed by atoms with van der Waals surface area (Å²) in [5.74, 6) is 0.728. The van der Waals surface area contributed by atoms with Crippen LogP contribution in [-0.2, 0) is 10.0 Å². The fourth-order valence-electron chi connectivity index (χ4n) is 3.67. The third-order valence-electron chi connectivity index (χ3n) is 5.10. The van der Waals surface area contributed by atoms with Crippen molar-refractivity contribution in [1.82, 2.24) is 14.5 Å². The summed E-state index contributed by atoms with van der Waals surface area (Å²) in [5.41, 5.74) is 1.59. The van der Waals surface area contributed by atoms with E-state index in [1.165, 1.54) is 0 Å². The second-order valence-corrected chi connectivity index (χ2v) is 8.59. The van der Waals surface area contributed by atoms with Gasteiger partial charge in [0.2, 0.25) is 10.0 Å². The van der Waals surface area contributed by atoms with Gasteiger partial charge in [-0.3, -0.25) is 4.90 Å². The van der Waals surface area contributed by atoms with Crippen molar-refractivity contribution in [3.05, 3.63) is 23.3 Å². The fraction of sp³-hybridized carbons (Fsp3) is 0.647. The molecule has 1 unspecified atom stereocenters. The van der Waals surface area contributed by atoms with Gasteiger partial charge in [0.15, 0.2) is 0 Å². The summed E-state index contributed by atoms with van der Waals surface area (Å²) in [6, 6.07) is 3.88. The Morgan fingerprint density at radius 3 is 2.50 bits per heavy atom. The smallest absolute Gasteiger partial charge is 0.243 e. The Bertz CT molecular complexity index is 699. The first-order valence-electron chi connectivity index (χ1n) is 8.53. The summed E-state index contributed by atoms with van der Waals surface area (Å²) in [6.07, 6.45) is 0.910. The quantitative estimate of drug-likeness (QED) is 0.874. The van der Waals surface area contributed by atoms with Crippen LogP contribution in [0.5, 0.6) is 5.75 Å². The molecule has 2 aliphatic heterocycles. The van der Waals surface area contributed by atoms with Gasteiger partial charge >= 0.3 is 0 Å². The first-order valence-corrected chi connectivity index (χ1v) is 9.97. The van der Waals surface area contributed by atoms with Crippen LogP contribution in [0.4, 0.5) is 0 Å². The van der Waals surface area contributed by atoms with Crippen LogP contribution in [0.3, 0.4) is 0 Å². The molecular weight excluding hydrogens is 326 g/mol. The average molecular weight is 353 g/mol. The molecule has 1 aromatic carbocycles. The Labute approximate surface area is 144 Å². The molecule has 0 aliphatic carbocycles. The van der Waals surface area contributed by atoms with Crippen LogP contribution in [0.1, 0.15) is 17.5 Å². The molecule has 6 nitrogen and oxygen atoms in total. The topological polar surface area (TPSA) is 61.9 Å². The van der Waals surface area contributed by atoms with E-state index in [9.17, 15) is 8.42 Å². The number of benzene rings is 1. The van der Waals surface area contributed by atoms with Gasteiger partial charge in [0, 0.05) is 45.3 Å². The molecule has 1 N–H and O–H groups in total. The van der Waals surface area contributed by atoms with Crippen molar-refractivity contribution in [1.29, 1.82) is 0 Å². The number of piperazine rings is 1. The minimum atomic E-state index is -3.45. The molecule has 2 saturated heterocycles. The van der Waals surface area contributed by atoms with E-state index < -0.39 is 10.0 Å². The molecule has 0 saturated carbocycles. The number of hydrogen-bond donors (Lipinski definition) is 1. The highest BCUT2D eigenvalue weighted by Crippen LogP contribution is 2.30. The van der Waals surface area contributed by atoms with Crippen LogP contribution < -0.4 is 10.1 Å². The highest BCUT2D eigenvalue weighted by Gasteiger charge is 2.36. The lowest BCUT2D eigenvalue weighted by atomic mass is 10.1. The fourth-order valence-corrected chi connectivity index (χ4v) is 5.46. The summed E-state index contributed by atoms with van der Waals surface area (Å²) in [7, 11) is -1.85. The van der Waals surface area contributed by atoms with Crippen molar-refractivity contribution in [2.75, 3.05) is 46.4 Å².